The third-order valence-electron chi connectivity index (χ3n) is 3.97. The van der Waals surface area contributed by atoms with Crippen molar-refractivity contribution in [1.29, 1.82) is 0 Å². The average Bonchev–Trinajstić information content (AvgIpc) is 2.53. The van der Waals surface area contributed by atoms with Crippen LogP contribution in [0, 0.1) is 6.92 Å². The molecule has 5 nitrogen and oxygen atoms in total. The lowest BCUT2D eigenvalue weighted by molar-refractivity contribution is 0.171. The van der Waals surface area contributed by atoms with Crippen molar-refractivity contribution < 1.29 is 14.3 Å². The highest BCUT2D eigenvalue weighted by molar-refractivity contribution is 5.89. The summed E-state index contributed by atoms with van der Waals surface area (Å²) in [7, 11) is 0. The number of anilines is 1. The molecule has 1 aliphatic rings. The number of amides is 2. The minimum atomic E-state index is -0.552. The zero-order valence-electron chi connectivity index (χ0n) is 14.2. The average molecular weight is 326 g/mol. The second-order valence-corrected chi connectivity index (χ2v) is 6.43. The molecule has 0 atom stereocenters. The van der Waals surface area contributed by atoms with Crippen LogP contribution in [-0.4, -0.2) is 19.2 Å². The largest absolute Gasteiger partial charge is 0.486 e. The lowest BCUT2D eigenvalue weighted by Crippen LogP contribution is -2.43. The molecule has 0 radical (unpaired) electrons. The first-order valence-corrected chi connectivity index (χ1v) is 8.00. The Bertz CT molecular complexity index is 756. The molecule has 0 bridgehead atoms. The summed E-state index contributed by atoms with van der Waals surface area (Å²) in [5.41, 5.74) is 2.26. The fraction of sp³-hybridized carbons (Fsp3) is 0.316. The summed E-state index contributed by atoms with van der Waals surface area (Å²) < 4.78 is 11.2. The number of benzene rings is 2. The maximum Gasteiger partial charge on any atom is 0.319 e. The Labute approximate surface area is 142 Å². The van der Waals surface area contributed by atoms with Gasteiger partial charge in [0.15, 0.2) is 11.5 Å². The Morgan fingerprint density at radius 1 is 1.04 bits per heavy atom. The Kier molecular flexibility index (Phi) is 4.34. The molecule has 2 amide bonds. The van der Waals surface area contributed by atoms with Crippen molar-refractivity contribution in [3.05, 3.63) is 53.6 Å². The summed E-state index contributed by atoms with van der Waals surface area (Å²) in [4.78, 5) is 12.3. The summed E-state index contributed by atoms with van der Waals surface area (Å²) in [5, 5.41) is 5.87. The van der Waals surface area contributed by atoms with E-state index in [0.717, 1.165) is 22.6 Å². The lowest BCUT2D eigenvalue weighted by Gasteiger charge is -2.28. The lowest BCUT2D eigenvalue weighted by atomic mass is 9.94. The van der Waals surface area contributed by atoms with Gasteiger partial charge in [-0.05, 0) is 56.2 Å². The van der Waals surface area contributed by atoms with E-state index in [1.54, 1.807) is 0 Å². The van der Waals surface area contributed by atoms with Crippen molar-refractivity contribution in [2.45, 2.75) is 26.3 Å². The van der Waals surface area contributed by atoms with E-state index in [2.05, 4.69) is 10.6 Å². The van der Waals surface area contributed by atoms with Gasteiger partial charge in [0.1, 0.15) is 13.2 Å². The van der Waals surface area contributed by atoms with Crippen LogP contribution < -0.4 is 20.1 Å². The minimum Gasteiger partial charge on any atom is -0.486 e. The van der Waals surface area contributed by atoms with Gasteiger partial charge in [-0.1, -0.05) is 18.2 Å². The Morgan fingerprint density at radius 3 is 2.54 bits per heavy atom. The fourth-order valence-electron chi connectivity index (χ4n) is 2.67. The number of hydrogen-bond acceptors (Lipinski definition) is 3. The van der Waals surface area contributed by atoms with E-state index in [4.69, 9.17) is 9.47 Å². The standard InChI is InChI=1S/C19H22N2O3/c1-13-5-4-6-15(11-13)20-18(22)21-19(2,3)14-7-8-16-17(12-14)24-10-9-23-16/h4-8,11-12H,9-10H2,1-3H3,(H2,20,21,22). The zero-order chi connectivity index (χ0) is 17.2. The highest BCUT2D eigenvalue weighted by Gasteiger charge is 2.25. The van der Waals surface area contributed by atoms with E-state index in [0.29, 0.717) is 19.0 Å². The van der Waals surface area contributed by atoms with Gasteiger partial charge in [-0.15, -0.1) is 0 Å². The van der Waals surface area contributed by atoms with Gasteiger partial charge >= 0.3 is 6.03 Å². The molecule has 3 rings (SSSR count). The van der Waals surface area contributed by atoms with Gasteiger partial charge < -0.3 is 20.1 Å². The van der Waals surface area contributed by atoms with E-state index in [9.17, 15) is 4.79 Å². The molecule has 0 fully saturated rings. The van der Waals surface area contributed by atoms with Crippen LogP contribution in [-0.2, 0) is 5.54 Å². The number of ether oxygens (including phenoxy) is 2. The van der Waals surface area contributed by atoms with Crippen LogP contribution >= 0.6 is 0 Å². The first kappa shape index (κ1) is 16.2. The third kappa shape index (κ3) is 3.62. The van der Waals surface area contributed by atoms with Crippen LogP contribution in [0.15, 0.2) is 42.5 Å². The van der Waals surface area contributed by atoms with Crippen molar-refractivity contribution in [1.82, 2.24) is 5.32 Å². The summed E-state index contributed by atoms with van der Waals surface area (Å²) in [5.74, 6) is 1.46. The van der Waals surface area contributed by atoms with E-state index in [-0.39, 0.29) is 6.03 Å². The van der Waals surface area contributed by atoms with Crippen molar-refractivity contribution in [2.24, 2.45) is 0 Å². The second-order valence-electron chi connectivity index (χ2n) is 6.43. The number of rotatable bonds is 3. The molecule has 2 aromatic carbocycles. The molecular weight excluding hydrogens is 304 g/mol. The van der Waals surface area contributed by atoms with Crippen LogP contribution in [0.5, 0.6) is 11.5 Å². The first-order chi connectivity index (χ1) is 11.4. The highest BCUT2D eigenvalue weighted by Crippen LogP contribution is 2.34. The van der Waals surface area contributed by atoms with E-state index < -0.39 is 5.54 Å². The summed E-state index contributed by atoms with van der Waals surface area (Å²) in [6.45, 7) is 7.00. The number of carbonyl (C=O) groups excluding carboxylic acids is 1. The molecular formula is C19H22N2O3. The van der Waals surface area contributed by atoms with Crippen molar-refractivity contribution in [2.75, 3.05) is 18.5 Å². The Morgan fingerprint density at radius 2 is 1.79 bits per heavy atom. The molecule has 0 saturated heterocycles. The van der Waals surface area contributed by atoms with E-state index in [1.165, 1.54) is 0 Å². The smallest absolute Gasteiger partial charge is 0.319 e. The van der Waals surface area contributed by atoms with Gasteiger partial charge in [-0.3, -0.25) is 0 Å². The number of nitrogens with one attached hydrogen (secondary N) is 2. The predicted octanol–water partition coefficient (Wildman–Crippen LogP) is 3.82. The summed E-state index contributed by atoms with van der Waals surface area (Å²) >= 11 is 0. The Hall–Kier alpha value is -2.69. The van der Waals surface area contributed by atoms with Gasteiger partial charge in [0.25, 0.3) is 0 Å². The monoisotopic (exact) mass is 326 g/mol. The molecule has 126 valence electrons. The highest BCUT2D eigenvalue weighted by atomic mass is 16.6. The van der Waals surface area contributed by atoms with Crippen LogP contribution in [0.25, 0.3) is 0 Å². The molecule has 1 heterocycles. The first-order valence-electron chi connectivity index (χ1n) is 8.00. The minimum absolute atomic E-state index is 0.250. The summed E-state index contributed by atoms with van der Waals surface area (Å²) in [6, 6.07) is 13.2. The van der Waals surface area contributed by atoms with Crippen LogP contribution in [0.4, 0.5) is 10.5 Å². The van der Waals surface area contributed by atoms with Gasteiger partial charge in [-0.25, -0.2) is 4.79 Å². The van der Waals surface area contributed by atoms with Crippen molar-refractivity contribution in [3.8, 4) is 11.5 Å². The van der Waals surface area contributed by atoms with E-state index in [1.807, 2.05) is 63.2 Å². The molecule has 0 aromatic heterocycles. The topological polar surface area (TPSA) is 59.6 Å². The summed E-state index contributed by atoms with van der Waals surface area (Å²) in [6.07, 6.45) is 0. The van der Waals surface area contributed by atoms with Crippen LogP contribution in [0.2, 0.25) is 0 Å². The number of fused-ring (bicyclic) bond motifs is 1. The fourth-order valence-corrected chi connectivity index (χ4v) is 2.67. The molecule has 24 heavy (non-hydrogen) atoms. The molecule has 2 aromatic rings. The van der Waals surface area contributed by atoms with Crippen LogP contribution in [0.3, 0.4) is 0 Å². The maximum atomic E-state index is 12.3. The number of hydrogen-bond donors (Lipinski definition) is 2. The zero-order valence-corrected chi connectivity index (χ0v) is 14.2. The van der Waals surface area contributed by atoms with Crippen molar-refractivity contribution >= 4 is 11.7 Å². The van der Waals surface area contributed by atoms with Gasteiger partial charge in [0, 0.05) is 5.69 Å². The van der Waals surface area contributed by atoms with Crippen LogP contribution in [0.1, 0.15) is 25.0 Å². The molecule has 0 spiro atoms. The number of carbonyl (C=O) groups is 1. The van der Waals surface area contributed by atoms with Gasteiger partial charge in [0.05, 0.1) is 5.54 Å². The second kappa shape index (κ2) is 6.43. The number of urea groups is 1. The molecule has 1 aliphatic heterocycles. The van der Waals surface area contributed by atoms with Crippen molar-refractivity contribution in [3.63, 3.8) is 0 Å². The third-order valence-corrected chi connectivity index (χ3v) is 3.97. The molecule has 0 aliphatic carbocycles. The molecule has 2 N–H and O–H groups in total. The SMILES string of the molecule is Cc1cccc(NC(=O)NC(C)(C)c2ccc3c(c2)OCCO3)c1. The molecule has 0 unspecified atom stereocenters. The van der Waals surface area contributed by atoms with Gasteiger partial charge in [0.2, 0.25) is 0 Å². The molecule has 5 heteroatoms. The maximum absolute atomic E-state index is 12.3. The predicted molar refractivity (Wildman–Crippen MR) is 93.8 cm³/mol. The quantitative estimate of drug-likeness (QED) is 0.901. The Balaban J connectivity index is 1.72. The van der Waals surface area contributed by atoms with E-state index >= 15 is 0 Å². The number of aryl methyl sites for hydroxylation is 1. The molecule has 0 saturated carbocycles. The van der Waals surface area contributed by atoms with Gasteiger partial charge in [-0.2, -0.15) is 0 Å². The normalized spacial score (nSPS) is 13.3.